The second kappa shape index (κ2) is 8.82. The van der Waals surface area contributed by atoms with Crippen molar-refractivity contribution < 1.29 is 4.79 Å². The first-order valence-electron chi connectivity index (χ1n) is 10.2. The number of amides is 1. The van der Waals surface area contributed by atoms with Crippen LogP contribution in [0.1, 0.15) is 44.6 Å². The van der Waals surface area contributed by atoms with Gasteiger partial charge in [0.2, 0.25) is 5.91 Å². The van der Waals surface area contributed by atoms with Crippen LogP contribution in [0.4, 0.5) is 0 Å². The van der Waals surface area contributed by atoms with Crippen molar-refractivity contribution in [2.75, 3.05) is 5.75 Å². The Morgan fingerprint density at radius 3 is 2.67 bits per heavy atom. The monoisotopic (exact) mass is 441 g/mol. The van der Waals surface area contributed by atoms with E-state index >= 15 is 0 Å². The molecule has 2 aromatic carbocycles. The number of hydrogen-bond donors (Lipinski definition) is 1. The molecule has 4 rings (SSSR count). The third-order valence-corrected chi connectivity index (χ3v) is 6.58. The molecule has 1 fully saturated rings. The standard InChI is InChI=1S/C23H24ClN3O2S/c1-3-14(2)15-4-9-18(10-5-15)27-22(29)19-12-16(24)6-11-20(19)26-23(27)30-13-21(28)25-17-7-8-17/h4-6,9-12,14,17H,3,7-8,13H2,1-2H3,(H,25,28). The van der Waals surface area contributed by atoms with E-state index in [1.54, 1.807) is 22.8 Å². The van der Waals surface area contributed by atoms with Gasteiger partial charge < -0.3 is 5.32 Å². The van der Waals surface area contributed by atoms with Crippen molar-refractivity contribution >= 4 is 40.2 Å². The molecule has 0 spiro atoms. The second-order valence-electron chi connectivity index (χ2n) is 7.73. The minimum atomic E-state index is -0.191. The number of fused-ring (bicyclic) bond motifs is 1. The van der Waals surface area contributed by atoms with E-state index in [1.807, 2.05) is 24.3 Å². The minimum absolute atomic E-state index is 0.0355. The van der Waals surface area contributed by atoms with Crippen LogP contribution in [0.15, 0.2) is 52.4 Å². The Hall–Kier alpha value is -2.31. The summed E-state index contributed by atoms with van der Waals surface area (Å²) in [6.07, 6.45) is 3.13. The Bertz CT molecular complexity index is 1140. The van der Waals surface area contributed by atoms with E-state index in [0.717, 1.165) is 24.9 Å². The van der Waals surface area contributed by atoms with Crippen molar-refractivity contribution in [2.45, 2.75) is 50.2 Å². The predicted molar refractivity (Wildman–Crippen MR) is 123 cm³/mol. The van der Waals surface area contributed by atoms with E-state index in [9.17, 15) is 9.59 Å². The number of hydrogen-bond acceptors (Lipinski definition) is 4. The van der Waals surface area contributed by atoms with E-state index in [2.05, 4.69) is 24.1 Å². The summed E-state index contributed by atoms with van der Waals surface area (Å²) in [5, 5.41) is 4.42. The molecule has 7 heteroatoms. The Kier molecular flexibility index (Phi) is 6.16. The van der Waals surface area contributed by atoms with Crippen LogP contribution < -0.4 is 10.9 Å². The highest BCUT2D eigenvalue weighted by atomic mass is 35.5. The summed E-state index contributed by atoms with van der Waals surface area (Å²) in [4.78, 5) is 30.2. The van der Waals surface area contributed by atoms with Crippen LogP contribution >= 0.6 is 23.4 Å². The number of thioether (sulfide) groups is 1. The topological polar surface area (TPSA) is 64.0 Å². The predicted octanol–water partition coefficient (Wildman–Crippen LogP) is 4.92. The Morgan fingerprint density at radius 1 is 1.27 bits per heavy atom. The number of halogens is 1. The van der Waals surface area contributed by atoms with Gasteiger partial charge >= 0.3 is 0 Å². The van der Waals surface area contributed by atoms with Gasteiger partial charge in [0, 0.05) is 11.1 Å². The van der Waals surface area contributed by atoms with Gasteiger partial charge in [0.15, 0.2) is 5.16 Å². The van der Waals surface area contributed by atoms with E-state index < -0.39 is 0 Å². The van der Waals surface area contributed by atoms with Gasteiger partial charge in [-0.2, -0.15) is 0 Å². The Morgan fingerprint density at radius 2 is 2.00 bits per heavy atom. The first-order chi connectivity index (χ1) is 14.5. The molecule has 30 heavy (non-hydrogen) atoms. The van der Waals surface area contributed by atoms with Crippen molar-refractivity contribution in [3.05, 3.63) is 63.4 Å². The Labute approximate surface area is 184 Å². The molecule has 1 unspecified atom stereocenters. The van der Waals surface area contributed by atoms with Crippen LogP contribution in [0, 0.1) is 0 Å². The summed E-state index contributed by atoms with van der Waals surface area (Å²) in [5.41, 5.74) is 2.33. The average molecular weight is 442 g/mol. The molecule has 1 atom stereocenters. The molecule has 1 N–H and O–H groups in total. The molecule has 0 aliphatic heterocycles. The normalized spacial score (nSPS) is 14.6. The summed E-state index contributed by atoms with van der Waals surface area (Å²) in [6, 6.07) is 13.4. The molecule has 1 saturated carbocycles. The molecule has 5 nitrogen and oxygen atoms in total. The molecule has 0 saturated heterocycles. The summed E-state index contributed by atoms with van der Waals surface area (Å²) in [6.45, 7) is 4.34. The van der Waals surface area contributed by atoms with Gasteiger partial charge in [0.25, 0.3) is 5.56 Å². The van der Waals surface area contributed by atoms with Crippen molar-refractivity contribution in [1.29, 1.82) is 0 Å². The van der Waals surface area contributed by atoms with Gasteiger partial charge in [-0.25, -0.2) is 4.98 Å². The largest absolute Gasteiger partial charge is 0.353 e. The molecule has 3 aromatic rings. The smallest absolute Gasteiger partial charge is 0.266 e. The lowest BCUT2D eigenvalue weighted by atomic mass is 9.98. The van der Waals surface area contributed by atoms with Gasteiger partial charge in [0.05, 0.1) is 22.3 Å². The number of carbonyl (C=O) groups is 1. The number of aromatic nitrogens is 2. The van der Waals surface area contributed by atoms with E-state index in [0.29, 0.717) is 33.0 Å². The van der Waals surface area contributed by atoms with Crippen molar-refractivity contribution in [3.8, 4) is 5.69 Å². The molecule has 156 valence electrons. The molecule has 1 heterocycles. The van der Waals surface area contributed by atoms with Crippen molar-refractivity contribution in [1.82, 2.24) is 14.9 Å². The first kappa shape index (κ1) is 20.9. The van der Waals surface area contributed by atoms with Crippen molar-refractivity contribution in [2.24, 2.45) is 0 Å². The fourth-order valence-corrected chi connectivity index (χ4v) is 4.27. The molecule has 1 aromatic heterocycles. The van der Waals surface area contributed by atoms with Crippen LogP contribution in [-0.2, 0) is 4.79 Å². The zero-order chi connectivity index (χ0) is 21.3. The Balaban J connectivity index is 1.75. The fraction of sp³-hybridized carbons (Fsp3) is 0.348. The molecule has 1 aliphatic rings. The zero-order valence-corrected chi connectivity index (χ0v) is 18.6. The number of nitrogens with zero attached hydrogens (tertiary/aromatic N) is 2. The quantitative estimate of drug-likeness (QED) is 0.417. The van der Waals surface area contributed by atoms with Gasteiger partial charge in [-0.15, -0.1) is 0 Å². The lowest BCUT2D eigenvalue weighted by Crippen LogP contribution is -2.28. The average Bonchev–Trinajstić information content (AvgIpc) is 3.56. The minimum Gasteiger partial charge on any atom is -0.353 e. The third kappa shape index (κ3) is 4.55. The molecule has 0 bridgehead atoms. The number of nitrogens with one attached hydrogen (secondary N) is 1. The first-order valence-corrected chi connectivity index (χ1v) is 11.6. The maximum absolute atomic E-state index is 13.4. The highest BCUT2D eigenvalue weighted by molar-refractivity contribution is 7.99. The lowest BCUT2D eigenvalue weighted by molar-refractivity contribution is -0.118. The third-order valence-electron chi connectivity index (χ3n) is 5.41. The van der Waals surface area contributed by atoms with Crippen LogP contribution in [0.5, 0.6) is 0 Å². The summed E-state index contributed by atoms with van der Waals surface area (Å²) in [7, 11) is 0. The summed E-state index contributed by atoms with van der Waals surface area (Å²) in [5.74, 6) is 0.628. The molecule has 1 aliphatic carbocycles. The SMILES string of the molecule is CCC(C)c1ccc(-n2c(SCC(=O)NC3CC3)nc3ccc(Cl)cc3c2=O)cc1. The fourth-order valence-electron chi connectivity index (χ4n) is 3.28. The molecule has 0 radical (unpaired) electrons. The van der Waals surface area contributed by atoms with Crippen LogP contribution in [0.25, 0.3) is 16.6 Å². The van der Waals surface area contributed by atoms with Gasteiger partial charge in [0.1, 0.15) is 0 Å². The highest BCUT2D eigenvalue weighted by Crippen LogP contribution is 2.25. The number of benzene rings is 2. The maximum Gasteiger partial charge on any atom is 0.266 e. The van der Waals surface area contributed by atoms with Crippen LogP contribution in [0.3, 0.4) is 0 Å². The maximum atomic E-state index is 13.4. The van der Waals surface area contributed by atoms with Crippen LogP contribution in [0.2, 0.25) is 5.02 Å². The van der Waals surface area contributed by atoms with Crippen molar-refractivity contribution in [3.63, 3.8) is 0 Å². The van der Waals surface area contributed by atoms with Crippen LogP contribution in [-0.4, -0.2) is 27.3 Å². The van der Waals surface area contributed by atoms with Gasteiger partial charge in [-0.3, -0.25) is 14.2 Å². The molecule has 1 amide bonds. The van der Waals surface area contributed by atoms with Gasteiger partial charge in [-0.05, 0) is 61.1 Å². The number of rotatable bonds is 7. The molecular weight excluding hydrogens is 418 g/mol. The summed E-state index contributed by atoms with van der Waals surface area (Å²) < 4.78 is 1.58. The zero-order valence-electron chi connectivity index (χ0n) is 17.0. The second-order valence-corrected chi connectivity index (χ2v) is 9.11. The summed E-state index contributed by atoms with van der Waals surface area (Å²) >= 11 is 7.40. The molecular formula is C23H24ClN3O2S. The lowest BCUT2D eigenvalue weighted by Gasteiger charge is -2.15. The highest BCUT2D eigenvalue weighted by Gasteiger charge is 2.23. The number of carbonyl (C=O) groups excluding carboxylic acids is 1. The van der Waals surface area contributed by atoms with E-state index in [-0.39, 0.29) is 17.2 Å². The van der Waals surface area contributed by atoms with Gasteiger partial charge in [-0.1, -0.05) is 49.3 Å². The van der Waals surface area contributed by atoms with E-state index in [1.165, 1.54) is 17.3 Å². The van der Waals surface area contributed by atoms with E-state index in [4.69, 9.17) is 11.6 Å².